The molecule has 3 aromatic heterocycles. The molecule has 0 unspecified atom stereocenters. The van der Waals surface area contributed by atoms with Crippen LogP contribution in [0.1, 0.15) is 20.8 Å². The molecule has 0 aliphatic carbocycles. The van der Waals surface area contributed by atoms with E-state index in [0.717, 1.165) is 17.0 Å². The minimum Gasteiger partial charge on any atom is -0.364 e. The highest BCUT2D eigenvalue weighted by atomic mass is 32.1. The fourth-order valence-corrected chi connectivity index (χ4v) is 3.72. The number of rotatable bonds is 7. The van der Waals surface area contributed by atoms with E-state index in [1.54, 1.807) is 22.2 Å². The van der Waals surface area contributed by atoms with Gasteiger partial charge in [0.25, 0.3) is 5.91 Å². The summed E-state index contributed by atoms with van der Waals surface area (Å²) in [7, 11) is 0. The zero-order valence-corrected chi connectivity index (χ0v) is 16.9. The maximum absolute atomic E-state index is 13.1. The number of nitrogens with zero attached hydrogens (tertiary/aromatic N) is 4. The quantitative estimate of drug-likeness (QED) is 0.449. The first kappa shape index (κ1) is 20.8. The standard InChI is InChI=1S/C20H17F3N6OS/c21-20(22,23)16-6-2-1-5-14(16)19(30)24-7-8-29-18-15(11-28-29)17(26-12-27-18)25-10-13-4-3-9-31-13/h1-6,9,11-12H,7-8,10H2,(H,24,30)(H,25,26,27). The van der Waals surface area contributed by atoms with Gasteiger partial charge in [0.15, 0.2) is 5.65 Å². The number of alkyl halides is 3. The number of carbonyl (C=O) groups excluding carboxylic acids is 1. The molecular formula is C20H17F3N6OS. The number of nitrogens with one attached hydrogen (secondary N) is 2. The van der Waals surface area contributed by atoms with Crippen LogP contribution in [0.5, 0.6) is 0 Å². The van der Waals surface area contributed by atoms with Crippen LogP contribution in [0.4, 0.5) is 19.0 Å². The molecule has 0 bridgehead atoms. The molecule has 2 N–H and O–H groups in total. The smallest absolute Gasteiger partial charge is 0.364 e. The summed E-state index contributed by atoms with van der Waals surface area (Å²) in [6.45, 7) is 0.943. The van der Waals surface area contributed by atoms with Gasteiger partial charge in [0.1, 0.15) is 12.1 Å². The predicted octanol–water partition coefficient (Wildman–Crippen LogP) is 3.95. The zero-order valence-electron chi connectivity index (χ0n) is 16.1. The third kappa shape index (κ3) is 4.66. The third-order valence-corrected chi connectivity index (χ3v) is 5.41. The Morgan fingerprint density at radius 2 is 1.97 bits per heavy atom. The van der Waals surface area contributed by atoms with Crippen LogP contribution in [0.3, 0.4) is 0 Å². The van der Waals surface area contributed by atoms with Gasteiger partial charge >= 0.3 is 6.18 Å². The van der Waals surface area contributed by atoms with Crippen molar-refractivity contribution in [1.82, 2.24) is 25.1 Å². The first-order chi connectivity index (χ1) is 14.9. The molecule has 4 rings (SSSR count). The second-order valence-corrected chi connectivity index (χ2v) is 7.59. The molecule has 0 fully saturated rings. The lowest BCUT2D eigenvalue weighted by molar-refractivity contribution is -0.137. The van der Waals surface area contributed by atoms with E-state index in [2.05, 4.69) is 25.7 Å². The average molecular weight is 446 g/mol. The van der Waals surface area contributed by atoms with Crippen LogP contribution in [0.25, 0.3) is 11.0 Å². The zero-order chi connectivity index (χ0) is 21.8. The molecule has 0 aliphatic heterocycles. The minimum atomic E-state index is -4.60. The van der Waals surface area contributed by atoms with E-state index < -0.39 is 23.2 Å². The molecule has 0 saturated carbocycles. The Bertz CT molecular complexity index is 1190. The molecule has 0 atom stereocenters. The van der Waals surface area contributed by atoms with Crippen LogP contribution in [-0.2, 0) is 19.3 Å². The molecule has 3 heterocycles. The van der Waals surface area contributed by atoms with Crippen LogP contribution >= 0.6 is 11.3 Å². The minimum absolute atomic E-state index is 0.0871. The van der Waals surface area contributed by atoms with E-state index in [4.69, 9.17) is 0 Å². The van der Waals surface area contributed by atoms with Crippen molar-refractivity contribution in [2.24, 2.45) is 0 Å². The summed E-state index contributed by atoms with van der Waals surface area (Å²) < 4.78 is 40.9. The van der Waals surface area contributed by atoms with Crippen LogP contribution < -0.4 is 10.6 Å². The van der Waals surface area contributed by atoms with Gasteiger partial charge < -0.3 is 10.6 Å². The summed E-state index contributed by atoms with van der Waals surface area (Å²) >= 11 is 1.63. The SMILES string of the molecule is O=C(NCCn1ncc2c(NCc3cccs3)ncnc21)c1ccccc1C(F)(F)F. The van der Waals surface area contributed by atoms with Gasteiger partial charge in [-0.2, -0.15) is 18.3 Å². The second-order valence-electron chi connectivity index (χ2n) is 6.56. The summed E-state index contributed by atoms with van der Waals surface area (Å²) in [5.41, 5.74) is -0.817. The van der Waals surface area contributed by atoms with Crippen molar-refractivity contribution in [3.8, 4) is 0 Å². The van der Waals surface area contributed by atoms with Gasteiger partial charge in [-0.25, -0.2) is 14.6 Å². The highest BCUT2D eigenvalue weighted by molar-refractivity contribution is 7.09. The Labute approximate surface area is 178 Å². The number of fused-ring (bicyclic) bond motifs is 1. The molecule has 160 valence electrons. The van der Waals surface area contributed by atoms with Gasteiger partial charge in [-0.05, 0) is 23.6 Å². The fraction of sp³-hybridized carbons (Fsp3) is 0.200. The molecule has 4 aromatic rings. The van der Waals surface area contributed by atoms with Gasteiger partial charge in [-0.3, -0.25) is 4.79 Å². The van der Waals surface area contributed by atoms with Gasteiger partial charge in [0, 0.05) is 11.4 Å². The number of anilines is 1. The lowest BCUT2D eigenvalue weighted by atomic mass is 10.1. The monoisotopic (exact) mass is 446 g/mol. The fourth-order valence-electron chi connectivity index (χ4n) is 3.08. The molecular weight excluding hydrogens is 429 g/mol. The van der Waals surface area contributed by atoms with Crippen LogP contribution in [-0.4, -0.2) is 32.2 Å². The molecule has 11 heteroatoms. The van der Waals surface area contributed by atoms with Crippen LogP contribution in [0, 0.1) is 0 Å². The number of aromatic nitrogens is 4. The van der Waals surface area contributed by atoms with Crippen molar-refractivity contribution in [2.75, 3.05) is 11.9 Å². The maximum Gasteiger partial charge on any atom is 0.417 e. The molecule has 7 nitrogen and oxygen atoms in total. The number of hydrogen-bond donors (Lipinski definition) is 2. The third-order valence-electron chi connectivity index (χ3n) is 4.53. The van der Waals surface area contributed by atoms with Gasteiger partial charge in [0.05, 0.1) is 35.8 Å². The van der Waals surface area contributed by atoms with Crippen LogP contribution in [0.15, 0.2) is 54.3 Å². The molecule has 31 heavy (non-hydrogen) atoms. The Morgan fingerprint density at radius 1 is 1.13 bits per heavy atom. The van der Waals surface area contributed by atoms with E-state index in [1.807, 2.05) is 17.5 Å². The number of benzene rings is 1. The number of amides is 1. The summed E-state index contributed by atoms with van der Waals surface area (Å²) in [6, 6.07) is 8.67. The van der Waals surface area contributed by atoms with Crippen LogP contribution in [0.2, 0.25) is 0 Å². The van der Waals surface area contributed by atoms with E-state index in [-0.39, 0.29) is 13.1 Å². The summed E-state index contributed by atoms with van der Waals surface area (Å²) in [5.74, 6) is -0.162. The lowest BCUT2D eigenvalue weighted by Crippen LogP contribution is -2.29. The van der Waals surface area contributed by atoms with Crippen molar-refractivity contribution in [1.29, 1.82) is 0 Å². The Morgan fingerprint density at radius 3 is 2.74 bits per heavy atom. The average Bonchev–Trinajstić information content (AvgIpc) is 3.42. The summed E-state index contributed by atoms with van der Waals surface area (Å²) in [5, 5.41) is 12.7. The molecule has 1 amide bonds. The van der Waals surface area contributed by atoms with Crippen molar-refractivity contribution in [3.05, 3.63) is 70.3 Å². The molecule has 0 aliphatic rings. The van der Waals surface area contributed by atoms with Gasteiger partial charge in [-0.1, -0.05) is 18.2 Å². The van der Waals surface area contributed by atoms with E-state index >= 15 is 0 Å². The Hall–Kier alpha value is -3.47. The van der Waals surface area contributed by atoms with Crippen molar-refractivity contribution in [2.45, 2.75) is 19.3 Å². The first-order valence-electron chi connectivity index (χ1n) is 9.30. The summed E-state index contributed by atoms with van der Waals surface area (Å²) in [6.07, 6.45) is -1.57. The predicted molar refractivity (Wildman–Crippen MR) is 111 cm³/mol. The normalized spacial score (nSPS) is 11.6. The van der Waals surface area contributed by atoms with E-state index in [0.29, 0.717) is 23.4 Å². The molecule has 0 saturated heterocycles. The lowest BCUT2D eigenvalue weighted by Gasteiger charge is -2.12. The molecule has 0 radical (unpaired) electrons. The largest absolute Gasteiger partial charge is 0.417 e. The molecule has 0 spiro atoms. The highest BCUT2D eigenvalue weighted by Gasteiger charge is 2.34. The number of hydrogen-bond acceptors (Lipinski definition) is 6. The Balaban J connectivity index is 1.42. The topological polar surface area (TPSA) is 84.7 Å². The maximum atomic E-state index is 13.1. The van der Waals surface area contributed by atoms with Gasteiger partial charge in [0.2, 0.25) is 0 Å². The first-order valence-corrected chi connectivity index (χ1v) is 10.2. The van der Waals surface area contributed by atoms with Gasteiger partial charge in [-0.15, -0.1) is 11.3 Å². The van der Waals surface area contributed by atoms with Crippen molar-refractivity contribution >= 4 is 34.1 Å². The number of halogens is 3. The van der Waals surface area contributed by atoms with E-state index in [1.165, 1.54) is 18.5 Å². The van der Waals surface area contributed by atoms with E-state index in [9.17, 15) is 18.0 Å². The number of thiophene rings is 1. The highest BCUT2D eigenvalue weighted by Crippen LogP contribution is 2.31. The Kier molecular flexibility index (Phi) is 5.85. The molecule has 1 aromatic carbocycles. The summed E-state index contributed by atoms with van der Waals surface area (Å²) in [4.78, 5) is 21.9. The number of carbonyl (C=O) groups is 1. The second kappa shape index (κ2) is 8.72. The van der Waals surface area contributed by atoms with Crippen molar-refractivity contribution in [3.63, 3.8) is 0 Å². The van der Waals surface area contributed by atoms with Crippen molar-refractivity contribution < 1.29 is 18.0 Å².